The number of para-hydroxylation sites is 1. The lowest BCUT2D eigenvalue weighted by atomic mass is 10.2. The third-order valence-corrected chi connectivity index (χ3v) is 2.46. The van der Waals surface area contributed by atoms with Crippen molar-refractivity contribution < 1.29 is 9.18 Å². The fourth-order valence-corrected chi connectivity index (χ4v) is 1.48. The highest BCUT2D eigenvalue weighted by atomic mass is 19.1. The van der Waals surface area contributed by atoms with Gasteiger partial charge in [-0.2, -0.15) is 5.10 Å². The maximum Gasteiger partial charge on any atom is 0.273 e. The minimum Gasteiger partial charge on any atom is -0.398 e. The Labute approximate surface area is 109 Å². The van der Waals surface area contributed by atoms with Crippen LogP contribution in [0.3, 0.4) is 0 Å². The van der Waals surface area contributed by atoms with Crippen molar-refractivity contribution >= 4 is 17.8 Å². The molecule has 0 bridgehead atoms. The highest BCUT2D eigenvalue weighted by Crippen LogP contribution is 2.09. The summed E-state index contributed by atoms with van der Waals surface area (Å²) in [5, 5.41) is 3.79. The molecule has 96 valence electrons. The SMILES string of the molecule is Nc1ccccc1C(=O)N/N=C/c1ccc(F)cc1. The van der Waals surface area contributed by atoms with Gasteiger partial charge in [-0.3, -0.25) is 4.79 Å². The fourth-order valence-electron chi connectivity index (χ4n) is 1.48. The standard InChI is InChI=1S/C14H12FN3O/c15-11-7-5-10(6-8-11)9-17-18-14(19)12-3-1-2-4-13(12)16/h1-9H,16H2,(H,18,19)/b17-9+. The summed E-state index contributed by atoms with van der Waals surface area (Å²) in [6.45, 7) is 0. The summed E-state index contributed by atoms with van der Waals surface area (Å²) in [6, 6.07) is 12.5. The Bertz CT molecular complexity index is 608. The van der Waals surface area contributed by atoms with E-state index in [4.69, 9.17) is 5.73 Å². The number of hydrogen-bond acceptors (Lipinski definition) is 3. The molecule has 1 amide bonds. The van der Waals surface area contributed by atoms with Crippen molar-refractivity contribution in [2.75, 3.05) is 5.73 Å². The first-order valence-corrected chi connectivity index (χ1v) is 5.60. The van der Waals surface area contributed by atoms with E-state index in [-0.39, 0.29) is 5.82 Å². The maximum absolute atomic E-state index is 12.7. The smallest absolute Gasteiger partial charge is 0.273 e. The van der Waals surface area contributed by atoms with Gasteiger partial charge in [-0.25, -0.2) is 9.82 Å². The molecule has 2 aromatic carbocycles. The van der Waals surface area contributed by atoms with E-state index in [0.29, 0.717) is 16.8 Å². The molecular weight excluding hydrogens is 245 g/mol. The van der Waals surface area contributed by atoms with Gasteiger partial charge in [-0.05, 0) is 29.8 Å². The molecule has 0 atom stereocenters. The molecule has 2 rings (SSSR count). The van der Waals surface area contributed by atoms with E-state index in [1.165, 1.54) is 18.3 Å². The molecule has 3 N–H and O–H groups in total. The molecule has 0 saturated heterocycles. The van der Waals surface area contributed by atoms with E-state index in [2.05, 4.69) is 10.5 Å². The number of carbonyl (C=O) groups excluding carboxylic acids is 1. The molecular formula is C14H12FN3O. The molecule has 0 unspecified atom stereocenters. The minimum absolute atomic E-state index is 0.321. The van der Waals surface area contributed by atoms with Gasteiger partial charge in [0.15, 0.2) is 0 Å². The van der Waals surface area contributed by atoms with E-state index in [1.807, 2.05) is 0 Å². The normalized spacial score (nSPS) is 10.6. The zero-order chi connectivity index (χ0) is 13.7. The molecule has 0 aromatic heterocycles. The molecule has 0 heterocycles. The van der Waals surface area contributed by atoms with Crippen LogP contribution in [0.5, 0.6) is 0 Å². The average Bonchev–Trinajstić information content (AvgIpc) is 2.41. The van der Waals surface area contributed by atoms with E-state index >= 15 is 0 Å². The Hall–Kier alpha value is -2.69. The number of amides is 1. The second-order valence-corrected chi connectivity index (χ2v) is 3.84. The molecule has 0 radical (unpaired) electrons. The Morgan fingerprint density at radius 1 is 1.16 bits per heavy atom. The molecule has 0 aliphatic carbocycles. The summed E-state index contributed by atoms with van der Waals surface area (Å²) < 4.78 is 12.7. The monoisotopic (exact) mass is 257 g/mol. The van der Waals surface area contributed by atoms with Crippen LogP contribution in [-0.2, 0) is 0 Å². The largest absolute Gasteiger partial charge is 0.398 e. The van der Waals surface area contributed by atoms with Crippen molar-refractivity contribution in [2.24, 2.45) is 5.10 Å². The Balaban J connectivity index is 2.01. The first-order valence-electron chi connectivity index (χ1n) is 5.60. The maximum atomic E-state index is 12.7. The van der Waals surface area contributed by atoms with Crippen LogP contribution < -0.4 is 11.2 Å². The molecule has 0 spiro atoms. The molecule has 5 heteroatoms. The summed E-state index contributed by atoms with van der Waals surface area (Å²) in [4.78, 5) is 11.7. The zero-order valence-electron chi connectivity index (χ0n) is 10.0. The summed E-state index contributed by atoms with van der Waals surface area (Å²) in [5.41, 5.74) is 9.46. The average molecular weight is 257 g/mol. The second-order valence-electron chi connectivity index (χ2n) is 3.84. The third kappa shape index (κ3) is 3.38. The molecule has 0 saturated carbocycles. The second kappa shape index (κ2) is 5.77. The van der Waals surface area contributed by atoms with E-state index in [9.17, 15) is 9.18 Å². The number of nitrogens with one attached hydrogen (secondary N) is 1. The number of anilines is 1. The van der Waals surface area contributed by atoms with Gasteiger partial charge in [0.1, 0.15) is 5.82 Å². The van der Waals surface area contributed by atoms with Crippen LogP contribution >= 0.6 is 0 Å². The zero-order valence-corrected chi connectivity index (χ0v) is 10.0. The van der Waals surface area contributed by atoms with Crippen molar-refractivity contribution in [1.82, 2.24) is 5.43 Å². The Morgan fingerprint density at radius 3 is 2.53 bits per heavy atom. The van der Waals surface area contributed by atoms with Crippen molar-refractivity contribution in [1.29, 1.82) is 0 Å². The summed E-state index contributed by atoms with van der Waals surface area (Å²) in [7, 11) is 0. The number of nitrogens with zero attached hydrogens (tertiary/aromatic N) is 1. The molecule has 4 nitrogen and oxygen atoms in total. The van der Waals surface area contributed by atoms with Gasteiger partial charge in [0.2, 0.25) is 0 Å². The van der Waals surface area contributed by atoms with Crippen LogP contribution in [0.15, 0.2) is 53.6 Å². The summed E-state index contributed by atoms with van der Waals surface area (Å²) >= 11 is 0. The highest BCUT2D eigenvalue weighted by molar-refractivity contribution is 5.99. The van der Waals surface area contributed by atoms with Crippen LogP contribution in [0.25, 0.3) is 0 Å². The predicted octanol–water partition coefficient (Wildman–Crippen LogP) is 2.17. The first-order chi connectivity index (χ1) is 9.16. The highest BCUT2D eigenvalue weighted by Gasteiger charge is 2.06. The van der Waals surface area contributed by atoms with Crippen LogP contribution in [0.4, 0.5) is 10.1 Å². The topological polar surface area (TPSA) is 67.5 Å². The van der Waals surface area contributed by atoms with Crippen molar-refractivity contribution in [3.05, 3.63) is 65.5 Å². The lowest BCUT2D eigenvalue weighted by molar-refractivity contribution is 0.0956. The van der Waals surface area contributed by atoms with Crippen LogP contribution in [0, 0.1) is 5.82 Å². The predicted molar refractivity (Wildman–Crippen MR) is 72.3 cm³/mol. The van der Waals surface area contributed by atoms with Gasteiger partial charge in [-0.15, -0.1) is 0 Å². The summed E-state index contributed by atoms with van der Waals surface area (Å²) in [6.07, 6.45) is 1.43. The van der Waals surface area contributed by atoms with E-state index in [1.54, 1.807) is 36.4 Å². The number of halogens is 1. The lowest BCUT2D eigenvalue weighted by Gasteiger charge is -2.02. The fraction of sp³-hybridized carbons (Fsp3) is 0. The van der Waals surface area contributed by atoms with Gasteiger partial charge in [0.25, 0.3) is 5.91 Å². The lowest BCUT2D eigenvalue weighted by Crippen LogP contribution is -2.18. The van der Waals surface area contributed by atoms with Gasteiger partial charge < -0.3 is 5.73 Å². The van der Waals surface area contributed by atoms with Crippen molar-refractivity contribution in [2.45, 2.75) is 0 Å². The van der Waals surface area contributed by atoms with E-state index in [0.717, 1.165) is 0 Å². The van der Waals surface area contributed by atoms with Gasteiger partial charge in [-0.1, -0.05) is 24.3 Å². The number of hydrogen-bond donors (Lipinski definition) is 2. The first kappa shape index (κ1) is 12.8. The number of carbonyl (C=O) groups is 1. The minimum atomic E-state index is -0.392. The van der Waals surface area contributed by atoms with Crippen LogP contribution in [0.1, 0.15) is 15.9 Å². The Morgan fingerprint density at radius 2 is 1.84 bits per heavy atom. The number of hydrazone groups is 1. The number of nitrogens with two attached hydrogens (primary N) is 1. The number of rotatable bonds is 3. The molecule has 0 aliphatic heterocycles. The number of benzene rings is 2. The van der Waals surface area contributed by atoms with Gasteiger partial charge >= 0.3 is 0 Å². The number of nitrogen functional groups attached to an aromatic ring is 1. The molecule has 0 fully saturated rings. The van der Waals surface area contributed by atoms with Crippen LogP contribution in [0.2, 0.25) is 0 Å². The van der Waals surface area contributed by atoms with Crippen LogP contribution in [-0.4, -0.2) is 12.1 Å². The van der Waals surface area contributed by atoms with Gasteiger partial charge in [0.05, 0.1) is 11.8 Å². The molecule has 19 heavy (non-hydrogen) atoms. The molecule has 2 aromatic rings. The Kier molecular flexibility index (Phi) is 3.87. The quantitative estimate of drug-likeness (QED) is 0.502. The molecule has 0 aliphatic rings. The van der Waals surface area contributed by atoms with Crippen molar-refractivity contribution in [3.63, 3.8) is 0 Å². The third-order valence-electron chi connectivity index (χ3n) is 2.46. The summed E-state index contributed by atoms with van der Waals surface area (Å²) in [5.74, 6) is -0.713. The van der Waals surface area contributed by atoms with E-state index < -0.39 is 5.91 Å². The van der Waals surface area contributed by atoms with Crippen molar-refractivity contribution in [3.8, 4) is 0 Å². The van der Waals surface area contributed by atoms with Gasteiger partial charge in [0, 0.05) is 5.69 Å².